The first-order valence-corrected chi connectivity index (χ1v) is 11.3. The second kappa shape index (κ2) is 8.81. The molecule has 0 unspecified atom stereocenters. The summed E-state index contributed by atoms with van der Waals surface area (Å²) in [7, 11) is 1.65. The highest BCUT2D eigenvalue weighted by molar-refractivity contribution is 7.99. The number of benzene rings is 2. The fourth-order valence-electron chi connectivity index (χ4n) is 3.79. The second-order valence-electron chi connectivity index (χ2n) is 7.47. The molecule has 4 nitrogen and oxygen atoms in total. The third-order valence-electron chi connectivity index (χ3n) is 5.39. The van der Waals surface area contributed by atoms with E-state index >= 15 is 0 Å². The lowest BCUT2D eigenvalue weighted by atomic mass is 9.93. The molecule has 2 heterocycles. The van der Waals surface area contributed by atoms with Crippen LogP contribution in [0, 0.1) is 0 Å². The van der Waals surface area contributed by atoms with Gasteiger partial charge in [0, 0.05) is 40.6 Å². The number of nitrogens with one attached hydrogen (secondary N) is 1. The predicted octanol–water partition coefficient (Wildman–Crippen LogP) is 6.11. The fraction of sp³-hybridized carbons (Fsp3) is 0.0741. The molecule has 0 bridgehead atoms. The smallest absolute Gasteiger partial charge is 0.252 e. The lowest BCUT2D eigenvalue weighted by Crippen LogP contribution is -2.18. The molecular weight excluding hydrogens is 414 g/mol. The van der Waals surface area contributed by atoms with E-state index in [1.165, 1.54) is 5.57 Å². The van der Waals surface area contributed by atoms with Crippen LogP contribution in [-0.4, -0.2) is 23.7 Å². The maximum atomic E-state index is 12.2. The minimum Gasteiger partial charge on any atom is -0.355 e. The van der Waals surface area contributed by atoms with Crippen LogP contribution in [0.2, 0.25) is 0 Å². The first-order valence-electron chi connectivity index (χ1n) is 10.4. The predicted molar refractivity (Wildman–Crippen MR) is 131 cm³/mol. The topological polar surface area (TPSA) is 54.4 Å². The Morgan fingerprint density at radius 1 is 1.06 bits per heavy atom. The SMILES string of the molecule is CNC(=O)c1ccccc1Sc1ccc2c(c1)C1=CC(/C=C/c3ccccn3)=CCC1=N2. The molecule has 1 amide bonds. The van der Waals surface area contributed by atoms with Crippen LogP contribution in [0.3, 0.4) is 0 Å². The van der Waals surface area contributed by atoms with E-state index in [0.29, 0.717) is 5.56 Å². The molecule has 2 aromatic carbocycles. The summed E-state index contributed by atoms with van der Waals surface area (Å²) in [6.45, 7) is 0. The van der Waals surface area contributed by atoms with Crippen molar-refractivity contribution in [1.82, 2.24) is 10.3 Å². The monoisotopic (exact) mass is 435 g/mol. The van der Waals surface area contributed by atoms with Crippen LogP contribution in [0.25, 0.3) is 11.6 Å². The van der Waals surface area contributed by atoms with E-state index in [9.17, 15) is 4.79 Å². The Bertz CT molecular complexity index is 1320. The van der Waals surface area contributed by atoms with Crippen LogP contribution in [0.5, 0.6) is 0 Å². The van der Waals surface area contributed by atoms with E-state index in [1.54, 1.807) is 25.0 Å². The van der Waals surface area contributed by atoms with E-state index in [0.717, 1.165) is 44.4 Å². The van der Waals surface area contributed by atoms with Crippen LogP contribution >= 0.6 is 11.8 Å². The molecule has 3 aromatic rings. The zero-order chi connectivity index (χ0) is 21.9. The molecule has 5 rings (SSSR count). The maximum absolute atomic E-state index is 12.2. The highest BCUT2D eigenvalue weighted by Crippen LogP contribution is 2.42. The van der Waals surface area contributed by atoms with Crippen molar-refractivity contribution in [3.05, 3.63) is 107 Å². The maximum Gasteiger partial charge on any atom is 0.252 e. The Labute approximate surface area is 191 Å². The number of carbonyl (C=O) groups is 1. The van der Waals surface area contributed by atoms with E-state index in [-0.39, 0.29) is 5.91 Å². The fourth-order valence-corrected chi connectivity index (χ4v) is 4.77. The number of fused-ring (bicyclic) bond motifs is 3. The first kappa shape index (κ1) is 20.2. The molecule has 32 heavy (non-hydrogen) atoms. The van der Waals surface area contributed by atoms with Crippen molar-refractivity contribution in [2.45, 2.75) is 16.2 Å². The molecule has 0 saturated heterocycles. The third-order valence-corrected chi connectivity index (χ3v) is 6.45. The van der Waals surface area contributed by atoms with Crippen molar-refractivity contribution in [3.8, 4) is 0 Å². The quantitative estimate of drug-likeness (QED) is 0.526. The molecule has 1 aliphatic heterocycles. The molecule has 0 atom stereocenters. The number of amides is 1. The Kier molecular flexibility index (Phi) is 5.57. The van der Waals surface area contributed by atoms with Crippen LogP contribution in [0.1, 0.15) is 28.0 Å². The van der Waals surface area contributed by atoms with E-state index in [2.05, 4.69) is 46.7 Å². The molecule has 1 N–H and O–H groups in total. The largest absolute Gasteiger partial charge is 0.355 e. The molecule has 0 radical (unpaired) electrons. The van der Waals surface area contributed by atoms with Crippen LogP contribution in [0.4, 0.5) is 5.69 Å². The Morgan fingerprint density at radius 2 is 1.94 bits per heavy atom. The lowest BCUT2D eigenvalue weighted by molar-refractivity contribution is 0.0960. The molecular formula is C27H21N3OS. The van der Waals surface area contributed by atoms with Crippen molar-refractivity contribution in [1.29, 1.82) is 0 Å². The summed E-state index contributed by atoms with van der Waals surface area (Å²) in [6.07, 6.45) is 11.1. The highest BCUT2D eigenvalue weighted by Gasteiger charge is 2.23. The minimum atomic E-state index is -0.0793. The molecule has 2 aliphatic rings. The summed E-state index contributed by atoms with van der Waals surface area (Å²) >= 11 is 1.60. The number of nitrogens with zero attached hydrogens (tertiary/aromatic N) is 2. The van der Waals surface area contributed by atoms with E-state index in [4.69, 9.17) is 4.99 Å². The number of aromatic nitrogens is 1. The van der Waals surface area contributed by atoms with Gasteiger partial charge in [-0.2, -0.15) is 0 Å². The van der Waals surface area contributed by atoms with Crippen LogP contribution in [-0.2, 0) is 0 Å². The second-order valence-corrected chi connectivity index (χ2v) is 8.58. The number of allylic oxidation sites excluding steroid dienone is 5. The minimum absolute atomic E-state index is 0.0793. The average Bonchev–Trinajstić information content (AvgIpc) is 3.20. The van der Waals surface area contributed by atoms with Gasteiger partial charge >= 0.3 is 0 Å². The van der Waals surface area contributed by atoms with Gasteiger partial charge in [-0.1, -0.05) is 42.1 Å². The van der Waals surface area contributed by atoms with Gasteiger partial charge in [0.15, 0.2) is 0 Å². The molecule has 156 valence electrons. The van der Waals surface area contributed by atoms with Gasteiger partial charge in [-0.05, 0) is 60.2 Å². The molecule has 0 saturated carbocycles. The van der Waals surface area contributed by atoms with Crippen LogP contribution < -0.4 is 5.32 Å². The summed E-state index contributed by atoms with van der Waals surface area (Å²) < 4.78 is 0. The standard InChI is InChI=1S/C27H21N3OS/c1-28-27(31)21-7-2-3-8-26(21)32-20-12-14-25-23(17-20)22-16-18(10-13-24(22)30-25)9-11-19-6-4-5-15-29-19/h2-12,14-17H,13H2,1H3,(H,28,31)/b11-9+. The van der Waals surface area contributed by atoms with Gasteiger partial charge in [0.2, 0.25) is 0 Å². The summed E-state index contributed by atoms with van der Waals surface area (Å²) in [5, 5.41) is 2.72. The number of pyridine rings is 1. The number of hydrogen-bond donors (Lipinski definition) is 1. The van der Waals surface area contributed by atoms with Crippen molar-refractivity contribution >= 4 is 40.7 Å². The lowest BCUT2D eigenvalue weighted by Gasteiger charge is -2.12. The van der Waals surface area contributed by atoms with Gasteiger partial charge in [0.25, 0.3) is 5.91 Å². The normalized spacial score (nSPS) is 14.3. The molecule has 5 heteroatoms. The molecule has 0 fully saturated rings. The Hall–Kier alpha value is -3.70. The average molecular weight is 436 g/mol. The Balaban J connectivity index is 1.42. The molecule has 1 aliphatic carbocycles. The van der Waals surface area contributed by atoms with Crippen molar-refractivity contribution in [2.24, 2.45) is 4.99 Å². The summed E-state index contributed by atoms with van der Waals surface area (Å²) in [5.74, 6) is -0.0793. The first-order chi connectivity index (χ1) is 15.7. The molecule has 1 aromatic heterocycles. The van der Waals surface area contributed by atoms with Crippen molar-refractivity contribution in [2.75, 3.05) is 7.05 Å². The van der Waals surface area contributed by atoms with Crippen molar-refractivity contribution < 1.29 is 4.79 Å². The third kappa shape index (κ3) is 4.07. The van der Waals surface area contributed by atoms with Crippen molar-refractivity contribution in [3.63, 3.8) is 0 Å². The Morgan fingerprint density at radius 3 is 2.78 bits per heavy atom. The highest BCUT2D eigenvalue weighted by atomic mass is 32.2. The number of carbonyl (C=O) groups excluding carboxylic acids is 1. The van der Waals surface area contributed by atoms with Crippen LogP contribution in [0.15, 0.2) is 105 Å². The van der Waals surface area contributed by atoms with E-state index in [1.807, 2.05) is 48.5 Å². The zero-order valence-corrected chi connectivity index (χ0v) is 18.4. The summed E-state index contributed by atoms with van der Waals surface area (Å²) in [4.78, 5) is 23.4. The van der Waals surface area contributed by atoms with Gasteiger partial charge in [-0.3, -0.25) is 14.8 Å². The van der Waals surface area contributed by atoms with Gasteiger partial charge in [0.05, 0.1) is 22.7 Å². The molecule has 0 spiro atoms. The van der Waals surface area contributed by atoms with Gasteiger partial charge in [-0.15, -0.1) is 0 Å². The van der Waals surface area contributed by atoms with Gasteiger partial charge < -0.3 is 5.32 Å². The zero-order valence-electron chi connectivity index (χ0n) is 17.6. The van der Waals surface area contributed by atoms with E-state index < -0.39 is 0 Å². The number of rotatable bonds is 5. The van der Waals surface area contributed by atoms with Gasteiger partial charge in [0.1, 0.15) is 0 Å². The summed E-state index contributed by atoms with van der Waals surface area (Å²) in [6, 6.07) is 19.9. The van der Waals surface area contributed by atoms with Gasteiger partial charge in [-0.25, -0.2) is 0 Å². The number of hydrogen-bond acceptors (Lipinski definition) is 4. The summed E-state index contributed by atoms with van der Waals surface area (Å²) in [5.41, 5.74) is 7.18. The number of aliphatic imine (C=N–C) groups is 1.